The molecule has 0 unspecified atom stereocenters. The van der Waals surface area contributed by atoms with E-state index in [0.717, 1.165) is 22.2 Å². The van der Waals surface area contributed by atoms with Crippen LogP contribution in [0.25, 0.3) is 54.2 Å². The lowest BCUT2D eigenvalue weighted by Gasteiger charge is -2.17. The zero-order chi connectivity index (χ0) is 18.0. The van der Waals surface area contributed by atoms with Gasteiger partial charge < -0.3 is 5.73 Å². The standard InChI is InChI=1S/C26H17N/c27-26-21-14-6-13-19-18-11-4-9-17-10-5-12-20(24(17)18)23(25(19)21)15-22(26)16-7-2-1-3-8-16/h1-15H,27H2. The van der Waals surface area contributed by atoms with Crippen molar-refractivity contribution < 1.29 is 0 Å². The zero-order valence-electron chi connectivity index (χ0n) is 14.7. The van der Waals surface area contributed by atoms with E-state index in [-0.39, 0.29) is 0 Å². The number of hydrogen-bond acceptors (Lipinski definition) is 1. The van der Waals surface area contributed by atoms with Gasteiger partial charge in [-0.2, -0.15) is 0 Å². The third-order valence-corrected chi connectivity index (χ3v) is 5.77. The minimum atomic E-state index is 0.855. The lowest BCUT2D eigenvalue weighted by atomic mass is 9.87. The first-order chi connectivity index (χ1) is 13.3. The molecule has 0 heterocycles. The molecule has 0 aliphatic heterocycles. The summed E-state index contributed by atoms with van der Waals surface area (Å²) in [5.74, 6) is 0. The fourth-order valence-corrected chi connectivity index (χ4v) is 4.59. The zero-order valence-corrected chi connectivity index (χ0v) is 14.7. The predicted octanol–water partition coefficient (Wildman–Crippen LogP) is 6.99. The Hall–Kier alpha value is -3.58. The summed E-state index contributed by atoms with van der Waals surface area (Å²) in [4.78, 5) is 0. The number of nitrogen functional groups attached to an aromatic ring is 1. The van der Waals surface area contributed by atoms with E-state index in [0.29, 0.717) is 0 Å². The van der Waals surface area contributed by atoms with Crippen LogP contribution in [0.15, 0.2) is 91.0 Å². The van der Waals surface area contributed by atoms with Gasteiger partial charge in [0.25, 0.3) is 0 Å². The summed E-state index contributed by atoms with van der Waals surface area (Å²) in [7, 11) is 0. The van der Waals surface area contributed by atoms with Crippen LogP contribution in [0.2, 0.25) is 0 Å². The van der Waals surface area contributed by atoms with Crippen molar-refractivity contribution in [1.82, 2.24) is 0 Å². The van der Waals surface area contributed by atoms with Crippen LogP contribution >= 0.6 is 0 Å². The normalized spacial score (nSPS) is 11.9. The molecule has 0 aromatic heterocycles. The fraction of sp³-hybridized carbons (Fsp3) is 0. The Morgan fingerprint density at radius 2 is 1.07 bits per heavy atom. The molecule has 1 heteroatoms. The van der Waals surface area contributed by atoms with Gasteiger partial charge in [0.2, 0.25) is 0 Å². The topological polar surface area (TPSA) is 26.0 Å². The van der Waals surface area contributed by atoms with Crippen molar-refractivity contribution in [3.8, 4) is 11.1 Å². The smallest absolute Gasteiger partial charge is 0.0474 e. The Morgan fingerprint density at radius 3 is 1.81 bits per heavy atom. The largest absolute Gasteiger partial charge is 0.398 e. The Kier molecular flexibility index (Phi) is 2.81. The Morgan fingerprint density at radius 1 is 0.481 bits per heavy atom. The van der Waals surface area contributed by atoms with Gasteiger partial charge in [-0.1, -0.05) is 84.9 Å². The molecule has 0 spiro atoms. The van der Waals surface area contributed by atoms with E-state index < -0.39 is 0 Å². The molecule has 0 aliphatic rings. The van der Waals surface area contributed by atoms with E-state index in [9.17, 15) is 0 Å². The fourth-order valence-electron chi connectivity index (χ4n) is 4.59. The maximum absolute atomic E-state index is 6.68. The molecule has 0 bridgehead atoms. The summed E-state index contributed by atoms with van der Waals surface area (Å²) >= 11 is 0. The van der Waals surface area contributed by atoms with Crippen molar-refractivity contribution >= 4 is 48.8 Å². The number of anilines is 1. The first-order valence-electron chi connectivity index (χ1n) is 9.26. The van der Waals surface area contributed by atoms with Crippen LogP contribution in [0.1, 0.15) is 0 Å². The molecular formula is C26H17N. The molecule has 0 amide bonds. The summed E-state index contributed by atoms with van der Waals surface area (Å²) in [5.41, 5.74) is 9.80. The van der Waals surface area contributed by atoms with E-state index in [1.807, 2.05) is 6.07 Å². The summed E-state index contributed by atoms with van der Waals surface area (Å²) < 4.78 is 0. The lowest BCUT2D eigenvalue weighted by molar-refractivity contribution is 1.65. The van der Waals surface area contributed by atoms with Gasteiger partial charge in [-0.25, -0.2) is 0 Å². The average molecular weight is 343 g/mol. The van der Waals surface area contributed by atoms with Crippen LogP contribution in [0.5, 0.6) is 0 Å². The van der Waals surface area contributed by atoms with E-state index in [1.54, 1.807) is 0 Å². The highest BCUT2D eigenvalue weighted by Gasteiger charge is 2.16. The molecule has 27 heavy (non-hydrogen) atoms. The summed E-state index contributed by atoms with van der Waals surface area (Å²) in [5, 5.41) is 10.2. The third kappa shape index (κ3) is 1.89. The second-order valence-corrected chi connectivity index (χ2v) is 7.19. The van der Waals surface area contributed by atoms with E-state index >= 15 is 0 Å². The van der Waals surface area contributed by atoms with Crippen molar-refractivity contribution in [3.05, 3.63) is 91.0 Å². The highest BCUT2D eigenvalue weighted by atomic mass is 14.6. The molecule has 0 radical (unpaired) electrons. The molecule has 2 N–H and O–H groups in total. The van der Waals surface area contributed by atoms with Crippen LogP contribution in [0, 0.1) is 0 Å². The van der Waals surface area contributed by atoms with Gasteiger partial charge in [0.1, 0.15) is 0 Å². The second-order valence-electron chi connectivity index (χ2n) is 7.19. The van der Waals surface area contributed by atoms with Crippen molar-refractivity contribution in [2.24, 2.45) is 0 Å². The first-order valence-corrected chi connectivity index (χ1v) is 9.26. The monoisotopic (exact) mass is 343 g/mol. The first kappa shape index (κ1) is 14.6. The molecule has 0 saturated heterocycles. The Bertz CT molecular complexity index is 1460. The summed E-state index contributed by atoms with van der Waals surface area (Å²) in [6, 6.07) is 32.4. The van der Waals surface area contributed by atoms with Gasteiger partial charge in [0.15, 0.2) is 0 Å². The SMILES string of the molecule is Nc1c(-c2ccccc2)cc2c3cccc4cccc(c5cccc1c52)c43. The van der Waals surface area contributed by atoms with Gasteiger partial charge in [0, 0.05) is 16.6 Å². The van der Waals surface area contributed by atoms with Gasteiger partial charge in [-0.3, -0.25) is 0 Å². The Labute approximate surface area is 157 Å². The maximum atomic E-state index is 6.68. The highest BCUT2D eigenvalue weighted by Crippen LogP contribution is 2.44. The number of rotatable bonds is 1. The van der Waals surface area contributed by atoms with Gasteiger partial charge in [0.05, 0.1) is 0 Å². The van der Waals surface area contributed by atoms with Gasteiger partial charge in [-0.15, -0.1) is 0 Å². The highest BCUT2D eigenvalue weighted by molar-refractivity contribution is 6.34. The van der Waals surface area contributed by atoms with Crippen LogP contribution in [-0.4, -0.2) is 0 Å². The van der Waals surface area contributed by atoms with Crippen LogP contribution < -0.4 is 5.73 Å². The number of fused-ring (bicyclic) bond motifs is 2. The number of nitrogens with two attached hydrogens (primary N) is 1. The third-order valence-electron chi connectivity index (χ3n) is 5.77. The molecule has 0 atom stereocenters. The molecule has 0 saturated carbocycles. The van der Waals surface area contributed by atoms with Gasteiger partial charge >= 0.3 is 0 Å². The van der Waals surface area contributed by atoms with Crippen molar-refractivity contribution in [1.29, 1.82) is 0 Å². The molecule has 6 rings (SSSR count). The average Bonchev–Trinajstić information content (AvgIpc) is 2.73. The predicted molar refractivity (Wildman–Crippen MR) is 118 cm³/mol. The minimum Gasteiger partial charge on any atom is -0.398 e. The molecule has 0 fully saturated rings. The quantitative estimate of drug-likeness (QED) is 0.194. The Balaban J connectivity index is 1.94. The number of hydrogen-bond donors (Lipinski definition) is 1. The maximum Gasteiger partial charge on any atom is 0.0474 e. The van der Waals surface area contributed by atoms with Crippen LogP contribution in [0.4, 0.5) is 5.69 Å². The minimum absolute atomic E-state index is 0.855. The molecule has 6 aromatic rings. The molecular weight excluding hydrogens is 326 g/mol. The molecule has 6 aromatic carbocycles. The van der Waals surface area contributed by atoms with E-state index in [2.05, 4.69) is 84.9 Å². The van der Waals surface area contributed by atoms with E-state index in [4.69, 9.17) is 5.73 Å². The summed E-state index contributed by atoms with van der Waals surface area (Å²) in [6.45, 7) is 0. The summed E-state index contributed by atoms with van der Waals surface area (Å²) in [6.07, 6.45) is 0. The van der Waals surface area contributed by atoms with Crippen molar-refractivity contribution in [3.63, 3.8) is 0 Å². The van der Waals surface area contributed by atoms with Crippen molar-refractivity contribution in [2.45, 2.75) is 0 Å². The second kappa shape index (κ2) is 5.21. The molecule has 1 nitrogen and oxygen atoms in total. The molecule has 0 aliphatic carbocycles. The van der Waals surface area contributed by atoms with Crippen LogP contribution in [-0.2, 0) is 0 Å². The number of benzene rings is 6. The lowest BCUT2D eigenvalue weighted by Crippen LogP contribution is -1.95. The van der Waals surface area contributed by atoms with Crippen molar-refractivity contribution in [2.75, 3.05) is 5.73 Å². The molecule has 126 valence electrons. The van der Waals surface area contributed by atoms with Gasteiger partial charge in [-0.05, 0) is 49.3 Å². The van der Waals surface area contributed by atoms with E-state index in [1.165, 1.54) is 37.7 Å². The van der Waals surface area contributed by atoms with Crippen LogP contribution in [0.3, 0.4) is 0 Å².